The van der Waals surface area contributed by atoms with Gasteiger partial charge >= 0.3 is 5.97 Å². The fraction of sp³-hybridized carbons (Fsp3) is 0.611. The third kappa shape index (κ3) is 5.14. The highest BCUT2D eigenvalue weighted by atomic mass is 127. The van der Waals surface area contributed by atoms with Gasteiger partial charge in [-0.05, 0) is 72.4 Å². The van der Waals surface area contributed by atoms with Crippen molar-refractivity contribution in [2.45, 2.75) is 64.4 Å². The maximum absolute atomic E-state index is 12.2. The third-order valence-corrected chi connectivity index (χ3v) is 5.33. The number of phenols is 1. The predicted octanol–water partition coefficient (Wildman–Crippen LogP) is 5.29. The number of halogens is 1. The zero-order chi connectivity index (χ0) is 15.9. The largest absolute Gasteiger partial charge is 0.507 e. The molecule has 0 saturated heterocycles. The van der Waals surface area contributed by atoms with Crippen LogP contribution in [0.15, 0.2) is 18.2 Å². The second-order valence-electron chi connectivity index (χ2n) is 6.21. The average Bonchev–Trinajstić information content (AvgIpc) is 2.52. The van der Waals surface area contributed by atoms with Gasteiger partial charge < -0.3 is 9.84 Å². The van der Waals surface area contributed by atoms with Gasteiger partial charge in [0, 0.05) is 0 Å². The predicted molar refractivity (Wildman–Crippen MR) is 96.1 cm³/mol. The molecular formula is C18H25IO3. The van der Waals surface area contributed by atoms with Crippen LogP contribution in [0.25, 0.3) is 0 Å². The number of phenolic OH excluding ortho intramolecular Hbond substituents is 1. The van der Waals surface area contributed by atoms with E-state index in [0.717, 1.165) is 18.8 Å². The van der Waals surface area contributed by atoms with Gasteiger partial charge in [0.05, 0.1) is 9.13 Å². The molecule has 0 heterocycles. The van der Waals surface area contributed by atoms with Crippen LogP contribution in [-0.2, 0) is 4.74 Å². The minimum absolute atomic E-state index is 0.0568. The first-order valence-corrected chi connectivity index (χ1v) is 9.37. The van der Waals surface area contributed by atoms with Crippen LogP contribution in [0.5, 0.6) is 5.75 Å². The van der Waals surface area contributed by atoms with Crippen LogP contribution in [0, 0.1) is 9.49 Å². The summed E-state index contributed by atoms with van der Waals surface area (Å²) in [5.74, 6) is 0.744. The summed E-state index contributed by atoms with van der Waals surface area (Å²) in [5.41, 5.74) is 0.521. The molecule has 2 rings (SSSR count). The highest BCUT2D eigenvalue weighted by Crippen LogP contribution is 2.30. The molecule has 0 amide bonds. The fourth-order valence-electron chi connectivity index (χ4n) is 3.07. The van der Waals surface area contributed by atoms with Gasteiger partial charge in [0.25, 0.3) is 0 Å². The minimum atomic E-state index is -0.271. The van der Waals surface area contributed by atoms with Crippen LogP contribution in [0.2, 0.25) is 0 Å². The fourth-order valence-corrected chi connectivity index (χ4v) is 3.59. The molecule has 22 heavy (non-hydrogen) atoms. The first kappa shape index (κ1) is 17.6. The van der Waals surface area contributed by atoms with Crippen LogP contribution >= 0.6 is 22.6 Å². The number of benzene rings is 1. The lowest BCUT2D eigenvalue weighted by atomic mass is 9.84. The van der Waals surface area contributed by atoms with Crippen LogP contribution < -0.4 is 0 Å². The second kappa shape index (κ2) is 8.75. The van der Waals surface area contributed by atoms with E-state index >= 15 is 0 Å². The standard InChI is InChI=1S/C18H25IO3/c1-2-3-4-5-13-6-9-15(10-7-13)22-18(21)14-8-11-17(20)16(19)12-14/h8,11-13,15,20H,2-7,9-10H2,1H3. The Morgan fingerprint density at radius 2 is 2.00 bits per heavy atom. The number of ether oxygens (including phenoxy) is 1. The van der Waals surface area contributed by atoms with Gasteiger partial charge in [-0.3, -0.25) is 0 Å². The first-order chi connectivity index (χ1) is 10.6. The van der Waals surface area contributed by atoms with E-state index in [1.807, 2.05) is 22.6 Å². The lowest BCUT2D eigenvalue weighted by molar-refractivity contribution is 0.0161. The molecule has 4 heteroatoms. The van der Waals surface area contributed by atoms with Crippen molar-refractivity contribution < 1.29 is 14.6 Å². The van der Waals surface area contributed by atoms with E-state index in [1.165, 1.54) is 38.5 Å². The maximum atomic E-state index is 12.2. The zero-order valence-corrected chi connectivity index (χ0v) is 15.3. The van der Waals surface area contributed by atoms with Crippen molar-refractivity contribution in [2.75, 3.05) is 0 Å². The third-order valence-electron chi connectivity index (χ3n) is 4.47. The van der Waals surface area contributed by atoms with Gasteiger partial charge in [-0.15, -0.1) is 0 Å². The molecule has 1 aliphatic carbocycles. The van der Waals surface area contributed by atoms with Crippen molar-refractivity contribution in [2.24, 2.45) is 5.92 Å². The Bertz CT molecular complexity index is 493. The number of hydrogen-bond donors (Lipinski definition) is 1. The van der Waals surface area contributed by atoms with E-state index in [2.05, 4.69) is 6.92 Å². The summed E-state index contributed by atoms with van der Waals surface area (Å²) in [7, 11) is 0. The molecule has 1 N–H and O–H groups in total. The Balaban J connectivity index is 1.78. The van der Waals surface area contributed by atoms with Gasteiger partial charge in [0.2, 0.25) is 0 Å². The van der Waals surface area contributed by atoms with E-state index in [4.69, 9.17) is 4.74 Å². The number of aromatic hydroxyl groups is 1. The van der Waals surface area contributed by atoms with Gasteiger partial charge in [-0.25, -0.2) is 4.79 Å². The Labute approximate surface area is 146 Å². The second-order valence-corrected chi connectivity index (χ2v) is 7.37. The van der Waals surface area contributed by atoms with Crippen molar-refractivity contribution in [3.8, 4) is 5.75 Å². The van der Waals surface area contributed by atoms with Gasteiger partial charge in [0.15, 0.2) is 0 Å². The van der Waals surface area contributed by atoms with Crippen LogP contribution in [-0.4, -0.2) is 17.2 Å². The summed E-state index contributed by atoms with van der Waals surface area (Å²) < 4.78 is 6.30. The van der Waals surface area contributed by atoms with E-state index in [0.29, 0.717) is 9.13 Å². The van der Waals surface area contributed by atoms with Crippen molar-refractivity contribution >= 4 is 28.6 Å². The normalized spacial score (nSPS) is 21.5. The van der Waals surface area contributed by atoms with Crippen LogP contribution in [0.1, 0.15) is 68.6 Å². The molecule has 0 atom stereocenters. The van der Waals surface area contributed by atoms with Gasteiger partial charge in [0.1, 0.15) is 11.9 Å². The molecule has 1 aromatic carbocycles. The number of carbonyl (C=O) groups is 1. The van der Waals surface area contributed by atoms with Crippen LogP contribution in [0.4, 0.5) is 0 Å². The molecule has 1 aromatic rings. The summed E-state index contributed by atoms with van der Waals surface area (Å²) in [4.78, 5) is 12.2. The maximum Gasteiger partial charge on any atom is 0.338 e. The smallest absolute Gasteiger partial charge is 0.338 e. The summed E-state index contributed by atoms with van der Waals surface area (Å²) in [6.45, 7) is 2.24. The highest BCUT2D eigenvalue weighted by Gasteiger charge is 2.24. The summed E-state index contributed by atoms with van der Waals surface area (Å²) in [6, 6.07) is 4.84. The minimum Gasteiger partial charge on any atom is -0.507 e. The Morgan fingerprint density at radius 3 is 2.64 bits per heavy atom. The number of hydrogen-bond acceptors (Lipinski definition) is 3. The van der Waals surface area contributed by atoms with E-state index in [1.54, 1.807) is 18.2 Å². The lowest BCUT2D eigenvalue weighted by Crippen LogP contribution is -2.24. The first-order valence-electron chi connectivity index (χ1n) is 8.29. The monoisotopic (exact) mass is 416 g/mol. The molecule has 122 valence electrons. The Morgan fingerprint density at radius 1 is 1.27 bits per heavy atom. The molecule has 1 fully saturated rings. The number of carbonyl (C=O) groups excluding carboxylic acids is 1. The topological polar surface area (TPSA) is 46.5 Å². The average molecular weight is 416 g/mol. The molecule has 0 unspecified atom stereocenters. The molecule has 1 saturated carbocycles. The van der Waals surface area contributed by atoms with Crippen LogP contribution in [0.3, 0.4) is 0 Å². The lowest BCUT2D eigenvalue weighted by Gasteiger charge is -2.28. The summed E-state index contributed by atoms with van der Waals surface area (Å²) >= 11 is 2.01. The summed E-state index contributed by atoms with van der Waals surface area (Å²) in [5, 5.41) is 9.51. The zero-order valence-electron chi connectivity index (χ0n) is 13.2. The van der Waals surface area contributed by atoms with Crippen molar-refractivity contribution in [1.29, 1.82) is 0 Å². The Hall–Kier alpha value is -0.780. The SMILES string of the molecule is CCCCCC1CCC(OC(=O)c2ccc(O)c(I)c2)CC1. The number of rotatable bonds is 6. The van der Waals surface area contributed by atoms with Gasteiger partial charge in [-0.1, -0.05) is 32.6 Å². The highest BCUT2D eigenvalue weighted by molar-refractivity contribution is 14.1. The molecule has 0 aliphatic heterocycles. The van der Waals surface area contributed by atoms with Crippen molar-refractivity contribution in [3.05, 3.63) is 27.3 Å². The molecule has 3 nitrogen and oxygen atoms in total. The molecular weight excluding hydrogens is 391 g/mol. The van der Waals surface area contributed by atoms with Gasteiger partial charge in [-0.2, -0.15) is 0 Å². The van der Waals surface area contributed by atoms with E-state index in [9.17, 15) is 9.90 Å². The van der Waals surface area contributed by atoms with E-state index in [-0.39, 0.29) is 17.8 Å². The van der Waals surface area contributed by atoms with Crippen molar-refractivity contribution in [1.82, 2.24) is 0 Å². The molecule has 1 aliphatic rings. The van der Waals surface area contributed by atoms with E-state index < -0.39 is 0 Å². The Kier molecular flexibility index (Phi) is 6.99. The molecule has 0 radical (unpaired) electrons. The van der Waals surface area contributed by atoms with Crippen molar-refractivity contribution in [3.63, 3.8) is 0 Å². The number of esters is 1. The number of unbranched alkanes of at least 4 members (excludes halogenated alkanes) is 2. The molecule has 0 spiro atoms. The quantitative estimate of drug-likeness (QED) is 0.389. The molecule has 0 aromatic heterocycles. The molecule has 0 bridgehead atoms. The summed E-state index contributed by atoms with van der Waals surface area (Å²) in [6.07, 6.45) is 9.63.